The van der Waals surface area contributed by atoms with Gasteiger partial charge in [-0.3, -0.25) is 4.79 Å². The van der Waals surface area contributed by atoms with Crippen molar-refractivity contribution in [2.45, 2.75) is 6.92 Å². The third kappa shape index (κ3) is 2.10. The van der Waals surface area contributed by atoms with Gasteiger partial charge in [0.25, 0.3) is 0 Å². The lowest BCUT2D eigenvalue weighted by molar-refractivity contribution is 0.111. The lowest BCUT2D eigenvalue weighted by Gasteiger charge is -2.03. The molecule has 100 valence electrons. The normalized spacial score (nSPS) is 10.7. The summed E-state index contributed by atoms with van der Waals surface area (Å²) in [4.78, 5) is 11.1. The number of rotatable bonds is 3. The predicted molar refractivity (Wildman–Crippen MR) is 70.3 cm³/mol. The van der Waals surface area contributed by atoms with Crippen LogP contribution in [-0.4, -0.2) is 31.5 Å². The summed E-state index contributed by atoms with van der Waals surface area (Å²) in [5.74, 6) is -0.354. The van der Waals surface area contributed by atoms with Crippen LogP contribution >= 0.6 is 11.3 Å². The van der Waals surface area contributed by atoms with Gasteiger partial charge in [0, 0.05) is 5.56 Å². The molecule has 6 nitrogen and oxygen atoms in total. The Morgan fingerprint density at radius 1 is 1.20 bits per heavy atom. The van der Waals surface area contributed by atoms with E-state index in [2.05, 4.69) is 20.5 Å². The average molecular weight is 289 g/mol. The van der Waals surface area contributed by atoms with Gasteiger partial charge < -0.3 is 0 Å². The number of benzene rings is 1. The molecule has 0 amide bonds. The first-order valence-electron chi connectivity index (χ1n) is 5.66. The molecule has 0 aliphatic heterocycles. The quantitative estimate of drug-likeness (QED) is 0.690. The molecule has 3 aromatic rings. The smallest absolute Gasteiger partial charge is 0.234 e. The maximum Gasteiger partial charge on any atom is 0.234 e. The largest absolute Gasteiger partial charge is 0.296 e. The molecule has 0 unspecified atom stereocenters. The van der Waals surface area contributed by atoms with E-state index >= 15 is 0 Å². The van der Waals surface area contributed by atoms with Crippen molar-refractivity contribution in [3.05, 3.63) is 40.8 Å². The van der Waals surface area contributed by atoms with Crippen molar-refractivity contribution in [3.8, 4) is 16.4 Å². The molecule has 0 bridgehead atoms. The minimum atomic E-state index is -0.354. The second-order valence-corrected chi connectivity index (χ2v) is 5.12. The van der Waals surface area contributed by atoms with Crippen LogP contribution < -0.4 is 0 Å². The third-order valence-corrected chi connectivity index (χ3v) is 3.44. The van der Waals surface area contributed by atoms with Crippen molar-refractivity contribution in [2.75, 3.05) is 0 Å². The first-order valence-corrected chi connectivity index (χ1v) is 6.48. The number of carbonyl (C=O) groups is 1. The number of carbonyl (C=O) groups excluding carboxylic acids is 1. The van der Waals surface area contributed by atoms with E-state index in [1.807, 2.05) is 6.92 Å². The molecule has 1 aromatic carbocycles. The molecule has 0 fully saturated rings. The van der Waals surface area contributed by atoms with Crippen LogP contribution in [0, 0.1) is 12.7 Å². The fourth-order valence-electron chi connectivity index (χ4n) is 1.76. The molecule has 20 heavy (non-hydrogen) atoms. The summed E-state index contributed by atoms with van der Waals surface area (Å²) in [5.41, 5.74) is 1.27. The van der Waals surface area contributed by atoms with Crippen LogP contribution in [0.3, 0.4) is 0 Å². The Morgan fingerprint density at radius 2 is 1.95 bits per heavy atom. The highest BCUT2D eigenvalue weighted by atomic mass is 32.1. The van der Waals surface area contributed by atoms with Crippen LogP contribution in [0.25, 0.3) is 16.4 Å². The maximum absolute atomic E-state index is 13.0. The fourth-order valence-corrected chi connectivity index (χ4v) is 2.40. The Labute approximate surface area is 116 Å². The van der Waals surface area contributed by atoms with Crippen molar-refractivity contribution in [1.82, 2.24) is 25.2 Å². The van der Waals surface area contributed by atoms with E-state index in [9.17, 15) is 9.18 Å². The molecule has 0 aliphatic rings. The summed E-state index contributed by atoms with van der Waals surface area (Å²) in [6.07, 6.45) is 0.607. The number of halogens is 1. The van der Waals surface area contributed by atoms with Gasteiger partial charge in [0.1, 0.15) is 16.5 Å². The van der Waals surface area contributed by atoms with E-state index in [1.54, 1.807) is 12.1 Å². The molecule has 2 heterocycles. The molecular formula is C12H8FN5OS. The highest BCUT2D eigenvalue weighted by molar-refractivity contribution is 7.13. The first kappa shape index (κ1) is 12.5. The number of nitrogens with zero attached hydrogens (tertiary/aromatic N) is 5. The van der Waals surface area contributed by atoms with Crippen LogP contribution in [0.5, 0.6) is 0 Å². The highest BCUT2D eigenvalue weighted by Crippen LogP contribution is 2.25. The van der Waals surface area contributed by atoms with E-state index in [4.69, 9.17) is 0 Å². The number of aromatic nitrogens is 5. The van der Waals surface area contributed by atoms with Crippen LogP contribution in [0.15, 0.2) is 24.3 Å². The standard InChI is InChI=1S/C12H8FN5OS/c1-7-14-16-12(20-7)18-11(10(6-19)15-17-18)8-2-4-9(13)5-3-8/h2-6H,1H3. The summed E-state index contributed by atoms with van der Waals surface area (Å²) in [6, 6.07) is 5.75. The van der Waals surface area contributed by atoms with Gasteiger partial charge in [0.05, 0.1) is 0 Å². The SMILES string of the molecule is Cc1nnc(-n2nnc(C=O)c2-c2ccc(F)cc2)s1. The van der Waals surface area contributed by atoms with Crippen molar-refractivity contribution in [1.29, 1.82) is 0 Å². The zero-order valence-corrected chi connectivity index (χ0v) is 11.1. The van der Waals surface area contributed by atoms with Crippen molar-refractivity contribution in [3.63, 3.8) is 0 Å². The predicted octanol–water partition coefficient (Wildman–Crippen LogP) is 2.05. The van der Waals surface area contributed by atoms with Gasteiger partial charge in [0.15, 0.2) is 12.0 Å². The summed E-state index contributed by atoms with van der Waals surface area (Å²) in [6.45, 7) is 1.82. The van der Waals surface area contributed by atoms with Crippen LogP contribution in [0.1, 0.15) is 15.5 Å². The summed E-state index contributed by atoms with van der Waals surface area (Å²) in [7, 11) is 0. The van der Waals surface area contributed by atoms with E-state index in [-0.39, 0.29) is 11.5 Å². The van der Waals surface area contributed by atoms with Crippen molar-refractivity contribution in [2.24, 2.45) is 0 Å². The molecule has 0 aliphatic carbocycles. The maximum atomic E-state index is 13.0. The topological polar surface area (TPSA) is 73.6 Å². The number of hydrogen-bond acceptors (Lipinski definition) is 6. The molecule has 0 saturated heterocycles. The molecule has 8 heteroatoms. The minimum Gasteiger partial charge on any atom is -0.296 e. The Kier molecular flexibility index (Phi) is 3.07. The highest BCUT2D eigenvalue weighted by Gasteiger charge is 2.18. The molecule has 0 saturated carbocycles. The molecule has 3 rings (SSSR count). The summed E-state index contributed by atoms with van der Waals surface area (Å²) >= 11 is 1.32. The Balaban J connectivity index is 2.20. The van der Waals surface area contributed by atoms with Gasteiger partial charge in [-0.05, 0) is 31.2 Å². The fraction of sp³-hybridized carbons (Fsp3) is 0.0833. The monoisotopic (exact) mass is 289 g/mol. The minimum absolute atomic E-state index is 0.171. The molecule has 0 radical (unpaired) electrons. The summed E-state index contributed by atoms with van der Waals surface area (Å²) < 4.78 is 14.4. The summed E-state index contributed by atoms with van der Waals surface area (Å²) in [5, 5.41) is 16.9. The van der Waals surface area contributed by atoms with E-state index < -0.39 is 0 Å². The Hall–Kier alpha value is -2.48. The lowest BCUT2D eigenvalue weighted by atomic mass is 10.1. The van der Waals surface area contributed by atoms with Gasteiger partial charge in [-0.2, -0.15) is 4.68 Å². The number of aryl methyl sites for hydroxylation is 1. The zero-order valence-electron chi connectivity index (χ0n) is 10.3. The van der Waals surface area contributed by atoms with Gasteiger partial charge >= 0.3 is 0 Å². The number of aldehydes is 1. The second kappa shape index (κ2) is 4.89. The third-order valence-electron chi connectivity index (χ3n) is 2.62. The Morgan fingerprint density at radius 3 is 2.55 bits per heavy atom. The van der Waals surface area contributed by atoms with Crippen molar-refractivity contribution < 1.29 is 9.18 Å². The van der Waals surface area contributed by atoms with Gasteiger partial charge in [-0.25, -0.2) is 4.39 Å². The molecule has 2 aromatic heterocycles. The molecule has 0 atom stereocenters. The molecule has 0 spiro atoms. The van der Waals surface area contributed by atoms with Crippen LogP contribution in [0.2, 0.25) is 0 Å². The van der Waals surface area contributed by atoms with Crippen LogP contribution in [0.4, 0.5) is 4.39 Å². The Bertz CT molecular complexity index is 765. The molecule has 0 N–H and O–H groups in total. The van der Waals surface area contributed by atoms with E-state index in [0.717, 1.165) is 5.01 Å². The van der Waals surface area contributed by atoms with Gasteiger partial charge in [-0.15, -0.1) is 15.3 Å². The van der Waals surface area contributed by atoms with Crippen LogP contribution in [-0.2, 0) is 0 Å². The molecular weight excluding hydrogens is 281 g/mol. The van der Waals surface area contributed by atoms with E-state index in [1.165, 1.54) is 28.2 Å². The second-order valence-electron chi connectivity index (χ2n) is 3.96. The first-order chi connectivity index (χ1) is 9.69. The van der Waals surface area contributed by atoms with Gasteiger partial charge in [-0.1, -0.05) is 16.6 Å². The van der Waals surface area contributed by atoms with Crippen molar-refractivity contribution >= 4 is 17.6 Å². The average Bonchev–Trinajstić information content (AvgIpc) is 3.05. The van der Waals surface area contributed by atoms with E-state index in [0.29, 0.717) is 22.7 Å². The van der Waals surface area contributed by atoms with Gasteiger partial charge in [0.2, 0.25) is 5.13 Å². The zero-order chi connectivity index (χ0) is 14.1. The lowest BCUT2D eigenvalue weighted by Crippen LogP contribution is -1.99. The number of hydrogen-bond donors (Lipinski definition) is 0.